The molecule has 2 rings (SSSR count). The first-order valence-electron chi connectivity index (χ1n) is 6.83. The second-order valence-corrected chi connectivity index (χ2v) is 5.95. The van der Waals surface area contributed by atoms with E-state index in [2.05, 4.69) is 41.2 Å². The number of methoxy groups -OCH3 is 1. The summed E-state index contributed by atoms with van der Waals surface area (Å²) in [6.07, 6.45) is 0. The summed E-state index contributed by atoms with van der Waals surface area (Å²) in [5.41, 5.74) is 3.35. The smallest absolute Gasteiger partial charge is 0.137 e. The topological polar surface area (TPSA) is 21.3 Å². The zero-order valence-corrected chi connectivity index (χ0v) is 14.0. The van der Waals surface area contributed by atoms with Crippen molar-refractivity contribution >= 4 is 15.9 Å². The van der Waals surface area contributed by atoms with Gasteiger partial charge < -0.3 is 10.1 Å². The number of rotatable bonds is 5. The van der Waals surface area contributed by atoms with Crippen molar-refractivity contribution in [1.29, 1.82) is 0 Å². The number of hydrogen-bond donors (Lipinski definition) is 1. The molecule has 0 amide bonds. The molecule has 0 aromatic heterocycles. The number of nitrogens with one attached hydrogen (secondary N) is 1. The van der Waals surface area contributed by atoms with Crippen LogP contribution >= 0.6 is 15.9 Å². The molecule has 21 heavy (non-hydrogen) atoms. The molecule has 2 nitrogen and oxygen atoms in total. The van der Waals surface area contributed by atoms with Crippen LogP contribution in [0.3, 0.4) is 0 Å². The van der Waals surface area contributed by atoms with Crippen LogP contribution in [-0.2, 0) is 6.54 Å². The molecule has 0 saturated heterocycles. The van der Waals surface area contributed by atoms with Gasteiger partial charge in [0, 0.05) is 18.2 Å². The molecule has 112 valence electrons. The second kappa shape index (κ2) is 7.05. The summed E-state index contributed by atoms with van der Waals surface area (Å²) in [4.78, 5) is 0. The van der Waals surface area contributed by atoms with Crippen molar-refractivity contribution in [2.24, 2.45) is 0 Å². The van der Waals surface area contributed by atoms with Crippen LogP contribution in [0.1, 0.15) is 29.7 Å². The monoisotopic (exact) mass is 351 g/mol. The van der Waals surface area contributed by atoms with Crippen molar-refractivity contribution in [3.63, 3.8) is 0 Å². The van der Waals surface area contributed by atoms with E-state index in [0.717, 1.165) is 16.9 Å². The van der Waals surface area contributed by atoms with Crippen LogP contribution in [0.2, 0.25) is 0 Å². The fraction of sp³-hybridized carbons (Fsp3) is 0.294. The highest BCUT2D eigenvalue weighted by Crippen LogP contribution is 2.26. The van der Waals surface area contributed by atoms with Gasteiger partial charge in [0.1, 0.15) is 11.6 Å². The summed E-state index contributed by atoms with van der Waals surface area (Å²) < 4.78 is 19.1. The van der Waals surface area contributed by atoms with Gasteiger partial charge in [0.05, 0.1) is 11.6 Å². The van der Waals surface area contributed by atoms with Crippen LogP contribution in [0.15, 0.2) is 40.9 Å². The molecule has 4 heteroatoms. The van der Waals surface area contributed by atoms with Crippen LogP contribution in [0, 0.1) is 12.7 Å². The van der Waals surface area contributed by atoms with E-state index in [9.17, 15) is 4.39 Å². The molecule has 0 radical (unpaired) electrons. The second-order valence-electron chi connectivity index (χ2n) is 5.10. The van der Waals surface area contributed by atoms with E-state index in [0.29, 0.717) is 11.0 Å². The van der Waals surface area contributed by atoms with Gasteiger partial charge in [0.15, 0.2) is 0 Å². The lowest BCUT2D eigenvalue weighted by atomic mass is 10.0. The van der Waals surface area contributed by atoms with Gasteiger partial charge in [-0.05, 0) is 53.5 Å². The summed E-state index contributed by atoms with van der Waals surface area (Å²) in [6, 6.07) is 11.3. The van der Waals surface area contributed by atoms with Gasteiger partial charge in [-0.2, -0.15) is 0 Å². The lowest BCUT2D eigenvalue weighted by Gasteiger charge is -2.18. The summed E-state index contributed by atoms with van der Waals surface area (Å²) >= 11 is 3.21. The van der Waals surface area contributed by atoms with Crippen molar-refractivity contribution in [3.05, 3.63) is 63.4 Å². The maximum Gasteiger partial charge on any atom is 0.137 e. The minimum Gasteiger partial charge on any atom is -0.496 e. The Hall–Kier alpha value is -1.39. The number of benzene rings is 2. The predicted octanol–water partition coefficient (Wildman–Crippen LogP) is 4.76. The molecule has 0 heterocycles. The lowest BCUT2D eigenvalue weighted by molar-refractivity contribution is 0.401. The average Bonchev–Trinajstić information content (AvgIpc) is 2.48. The zero-order valence-electron chi connectivity index (χ0n) is 12.4. The van der Waals surface area contributed by atoms with Gasteiger partial charge in [-0.3, -0.25) is 0 Å². The van der Waals surface area contributed by atoms with Gasteiger partial charge in [0.25, 0.3) is 0 Å². The average molecular weight is 352 g/mol. The summed E-state index contributed by atoms with van der Waals surface area (Å²) in [6.45, 7) is 4.82. The van der Waals surface area contributed by atoms with E-state index in [-0.39, 0.29) is 11.9 Å². The molecule has 0 aliphatic rings. The molecule has 1 N–H and O–H groups in total. The fourth-order valence-electron chi connectivity index (χ4n) is 2.22. The summed E-state index contributed by atoms with van der Waals surface area (Å²) in [7, 11) is 1.68. The molecule has 0 aliphatic carbocycles. The number of hydrogen-bond acceptors (Lipinski definition) is 2. The Balaban J connectivity index is 2.09. The first-order chi connectivity index (χ1) is 10.0. The van der Waals surface area contributed by atoms with E-state index in [4.69, 9.17) is 4.74 Å². The van der Waals surface area contributed by atoms with Gasteiger partial charge in [-0.25, -0.2) is 4.39 Å². The molecule has 2 aromatic rings. The van der Waals surface area contributed by atoms with Crippen LogP contribution in [0.5, 0.6) is 5.75 Å². The highest BCUT2D eigenvalue weighted by Gasteiger charge is 2.11. The number of ether oxygens (including phenoxy) is 1. The zero-order chi connectivity index (χ0) is 15.4. The fourth-order valence-corrected chi connectivity index (χ4v) is 2.65. The molecule has 1 unspecified atom stereocenters. The van der Waals surface area contributed by atoms with Crippen LogP contribution in [-0.4, -0.2) is 7.11 Å². The lowest BCUT2D eigenvalue weighted by Crippen LogP contribution is -2.19. The maximum atomic E-state index is 13.2. The quantitative estimate of drug-likeness (QED) is 0.838. The highest BCUT2D eigenvalue weighted by molar-refractivity contribution is 9.10. The molecule has 0 bridgehead atoms. The molecule has 0 spiro atoms. The third-order valence-corrected chi connectivity index (χ3v) is 4.06. The molecule has 0 saturated carbocycles. The molecule has 2 aromatic carbocycles. The first kappa shape index (κ1) is 16.0. The van der Waals surface area contributed by atoms with E-state index < -0.39 is 0 Å². The highest BCUT2D eigenvalue weighted by atomic mass is 79.9. The summed E-state index contributed by atoms with van der Waals surface area (Å²) in [5, 5.41) is 3.44. The largest absolute Gasteiger partial charge is 0.496 e. The van der Waals surface area contributed by atoms with Crippen LogP contribution < -0.4 is 10.1 Å². The van der Waals surface area contributed by atoms with E-state index in [1.807, 2.05) is 12.1 Å². The number of halogens is 2. The molecule has 0 aliphatic heterocycles. The molecule has 1 atom stereocenters. The van der Waals surface area contributed by atoms with Gasteiger partial charge in [0.2, 0.25) is 0 Å². The third-order valence-electron chi connectivity index (χ3n) is 3.45. The first-order valence-corrected chi connectivity index (χ1v) is 7.62. The van der Waals surface area contributed by atoms with Crippen LogP contribution in [0.25, 0.3) is 0 Å². The van der Waals surface area contributed by atoms with E-state index >= 15 is 0 Å². The van der Waals surface area contributed by atoms with Gasteiger partial charge >= 0.3 is 0 Å². The maximum absolute atomic E-state index is 13.2. The van der Waals surface area contributed by atoms with Gasteiger partial charge in [-0.1, -0.05) is 23.8 Å². The SMILES string of the molecule is COc1ccc(C)cc1C(C)NCc1ccc(F)c(Br)c1. The Bertz CT molecular complexity index is 630. The standard InChI is InChI=1S/C17H19BrFNO/c1-11-4-7-17(21-3)14(8-11)12(2)20-10-13-5-6-16(19)15(18)9-13/h4-9,12,20H,10H2,1-3H3. The Labute approximate surface area is 133 Å². The van der Waals surface area contributed by atoms with Crippen molar-refractivity contribution in [3.8, 4) is 5.75 Å². The van der Waals surface area contributed by atoms with Crippen molar-refractivity contribution in [2.75, 3.05) is 7.11 Å². The van der Waals surface area contributed by atoms with Crippen molar-refractivity contribution < 1.29 is 9.13 Å². The van der Waals surface area contributed by atoms with Crippen molar-refractivity contribution in [1.82, 2.24) is 5.32 Å². The Kier molecular flexibility index (Phi) is 5.37. The van der Waals surface area contributed by atoms with Crippen molar-refractivity contribution in [2.45, 2.75) is 26.4 Å². The normalized spacial score (nSPS) is 12.2. The molecular formula is C17H19BrFNO. The van der Waals surface area contributed by atoms with E-state index in [1.54, 1.807) is 19.2 Å². The molecule has 0 fully saturated rings. The van der Waals surface area contributed by atoms with E-state index in [1.165, 1.54) is 11.6 Å². The minimum absolute atomic E-state index is 0.142. The predicted molar refractivity (Wildman–Crippen MR) is 87.1 cm³/mol. The third kappa shape index (κ3) is 4.05. The Morgan fingerprint density at radius 2 is 2.00 bits per heavy atom. The number of aryl methyl sites for hydroxylation is 1. The minimum atomic E-state index is -0.243. The summed E-state index contributed by atoms with van der Waals surface area (Å²) in [5.74, 6) is 0.632. The molecular weight excluding hydrogens is 333 g/mol. The van der Waals surface area contributed by atoms with Crippen LogP contribution in [0.4, 0.5) is 4.39 Å². The Morgan fingerprint density at radius 3 is 2.67 bits per heavy atom. The van der Waals surface area contributed by atoms with Gasteiger partial charge in [-0.15, -0.1) is 0 Å². The Morgan fingerprint density at radius 1 is 1.24 bits per heavy atom.